The van der Waals surface area contributed by atoms with Crippen molar-refractivity contribution in [1.82, 2.24) is 0 Å². The summed E-state index contributed by atoms with van der Waals surface area (Å²) in [7, 11) is 0. The number of halogens is 6. The Bertz CT molecular complexity index is 397. The lowest BCUT2D eigenvalue weighted by Crippen LogP contribution is -2.21. The predicted molar refractivity (Wildman–Crippen MR) is 60.3 cm³/mol. The average Bonchev–Trinajstić information content (AvgIpc) is 2.12. The van der Waals surface area contributed by atoms with Crippen molar-refractivity contribution in [2.75, 3.05) is 6.61 Å². The molecule has 1 rings (SSSR count). The molecular weight excluding hydrogens is 358 g/mol. The van der Waals surface area contributed by atoms with Crippen molar-refractivity contribution in [3.8, 4) is 5.75 Å². The number of rotatable bonds is 3. The van der Waals surface area contributed by atoms with Crippen molar-refractivity contribution in [3.05, 3.63) is 27.3 Å². The standard InChI is InChI=1S/C10H8F5IO/c1-9(11,12)5-17-8-3-2-6(4-7(8)16)10(13,14)15/h2-4H,5H2,1H3. The lowest BCUT2D eigenvalue weighted by atomic mass is 10.2. The number of alkyl halides is 5. The first-order chi connectivity index (χ1) is 7.59. The van der Waals surface area contributed by atoms with E-state index in [0.717, 1.165) is 18.2 Å². The fourth-order valence-electron chi connectivity index (χ4n) is 0.999. The average molecular weight is 366 g/mol. The normalized spacial score (nSPS) is 12.6. The molecule has 0 amide bonds. The van der Waals surface area contributed by atoms with E-state index in [9.17, 15) is 22.0 Å². The minimum Gasteiger partial charge on any atom is -0.486 e. The minimum atomic E-state index is -4.45. The van der Waals surface area contributed by atoms with Crippen molar-refractivity contribution in [1.29, 1.82) is 0 Å². The van der Waals surface area contributed by atoms with Crippen LogP contribution in [0.2, 0.25) is 0 Å². The summed E-state index contributed by atoms with van der Waals surface area (Å²) >= 11 is 1.61. The second kappa shape index (κ2) is 4.95. The van der Waals surface area contributed by atoms with E-state index < -0.39 is 24.3 Å². The Morgan fingerprint density at radius 2 is 1.76 bits per heavy atom. The molecule has 0 aromatic heterocycles. The zero-order valence-electron chi connectivity index (χ0n) is 8.62. The molecule has 0 aliphatic carbocycles. The van der Waals surface area contributed by atoms with Gasteiger partial charge in [-0.3, -0.25) is 0 Å². The second-order valence-corrected chi connectivity index (χ2v) is 4.66. The molecule has 0 unspecified atom stereocenters. The van der Waals surface area contributed by atoms with Gasteiger partial charge in [0.2, 0.25) is 0 Å². The fraction of sp³-hybridized carbons (Fsp3) is 0.400. The maximum Gasteiger partial charge on any atom is 0.416 e. The van der Waals surface area contributed by atoms with E-state index in [-0.39, 0.29) is 9.32 Å². The first-order valence-corrected chi connectivity index (χ1v) is 5.55. The van der Waals surface area contributed by atoms with Gasteiger partial charge in [-0.15, -0.1) is 0 Å². The topological polar surface area (TPSA) is 9.23 Å². The molecule has 0 saturated heterocycles. The summed E-state index contributed by atoms with van der Waals surface area (Å²) in [6, 6.07) is 2.69. The molecule has 1 aromatic carbocycles. The van der Waals surface area contributed by atoms with Crippen LogP contribution in [0.1, 0.15) is 12.5 Å². The van der Waals surface area contributed by atoms with Crippen LogP contribution < -0.4 is 4.74 Å². The summed E-state index contributed by atoms with van der Waals surface area (Å²) < 4.78 is 66.8. The number of ether oxygens (including phenoxy) is 1. The van der Waals surface area contributed by atoms with Gasteiger partial charge in [-0.1, -0.05) is 0 Å². The first-order valence-electron chi connectivity index (χ1n) is 4.47. The van der Waals surface area contributed by atoms with Gasteiger partial charge in [0.25, 0.3) is 5.92 Å². The molecule has 0 atom stereocenters. The Kier molecular flexibility index (Phi) is 4.21. The monoisotopic (exact) mass is 366 g/mol. The van der Waals surface area contributed by atoms with Gasteiger partial charge in [0.15, 0.2) is 6.61 Å². The lowest BCUT2D eigenvalue weighted by Gasteiger charge is -2.14. The van der Waals surface area contributed by atoms with Crippen LogP contribution in [0.4, 0.5) is 22.0 Å². The zero-order valence-corrected chi connectivity index (χ0v) is 10.8. The summed E-state index contributed by atoms with van der Waals surface area (Å²) in [6.45, 7) is -0.196. The SMILES string of the molecule is CC(F)(F)COc1ccc(C(F)(F)F)cc1I. The van der Waals surface area contributed by atoms with Crippen molar-refractivity contribution >= 4 is 22.6 Å². The van der Waals surface area contributed by atoms with Crippen LogP contribution in [0.15, 0.2) is 18.2 Å². The molecule has 17 heavy (non-hydrogen) atoms. The molecule has 0 spiro atoms. The highest BCUT2D eigenvalue weighted by Gasteiger charge is 2.31. The Morgan fingerprint density at radius 1 is 1.18 bits per heavy atom. The van der Waals surface area contributed by atoms with Gasteiger partial charge in [0.05, 0.1) is 9.13 Å². The minimum absolute atomic E-state index is 0.0140. The highest BCUT2D eigenvalue weighted by molar-refractivity contribution is 14.1. The van der Waals surface area contributed by atoms with Crippen LogP contribution in [0.25, 0.3) is 0 Å². The van der Waals surface area contributed by atoms with Crippen LogP contribution in [0.5, 0.6) is 5.75 Å². The lowest BCUT2D eigenvalue weighted by molar-refractivity contribution is -0.137. The van der Waals surface area contributed by atoms with Gasteiger partial charge >= 0.3 is 6.18 Å². The van der Waals surface area contributed by atoms with Crippen molar-refractivity contribution < 1.29 is 26.7 Å². The van der Waals surface area contributed by atoms with Gasteiger partial charge in [0, 0.05) is 6.92 Å². The molecule has 0 aliphatic rings. The van der Waals surface area contributed by atoms with Crippen molar-refractivity contribution in [3.63, 3.8) is 0 Å². The highest BCUT2D eigenvalue weighted by atomic mass is 127. The molecule has 0 saturated carbocycles. The van der Waals surface area contributed by atoms with E-state index in [1.807, 2.05) is 0 Å². The van der Waals surface area contributed by atoms with E-state index in [2.05, 4.69) is 0 Å². The summed E-state index contributed by atoms with van der Waals surface area (Å²) in [5, 5.41) is 0. The van der Waals surface area contributed by atoms with E-state index >= 15 is 0 Å². The van der Waals surface area contributed by atoms with Crippen molar-refractivity contribution in [2.45, 2.75) is 19.0 Å². The zero-order chi connectivity index (χ0) is 13.3. The van der Waals surface area contributed by atoms with Crippen LogP contribution >= 0.6 is 22.6 Å². The molecule has 0 N–H and O–H groups in total. The quantitative estimate of drug-likeness (QED) is 0.571. The van der Waals surface area contributed by atoms with E-state index in [0.29, 0.717) is 6.92 Å². The number of hydrogen-bond acceptors (Lipinski definition) is 1. The predicted octanol–water partition coefficient (Wildman–Crippen LogP) is 4.34. The van der Waals surface area contributed by atoms with Crippen LogP contribution in [-0.2, 0) is 6.18 Å². The molecule has 7 heteroatoms. The first kappa shape index (κ1) is 14.5. The number of benzene rings is 1. The molecule has 0 aliphatic heterocycles. The highest BCUT2D eigenvalue weighted by Crippen LogP contribution is 2.33. The Hall–Kier alpha value is -0.600. The van der Waals surface area contributed by atoms with Crippen molar-refractivity contribution in [2.24, 2.45) is 0 Å². The Balaban J connectivity index is 2.84. The summed E-state index contributed by atoms with van der Waals surface area (Å²) in [4.78, 5) is 0. The van der Waals surface area contributed by atoms with E-state index in [4.69, 9.17) is 4.74 Å². The summed E-state index contributed by atoms with van der Waals surface area (Å²) in [6.07, 6.45) is -4.45. The van der Waals surface area contributed by atoms with E-state index in [1.165, 1.54) is 0 Å². The third-order valence-electron chi connectivity index (χ3n) is 1.74. The molecule has 96 valence electrons. The van der Waals surface area contributed by atoms with Crippen LogP contribution in [0.3, 0.4) is 0 Å². The van der Waals surface area contributed by atoms with Gasteiger partial charge in [-0.05, 0) is 40.8 Å². The third-order valence-corrected chi connectivity index (χ3v) is 2.58. The van der Waals surface area contributed by atoms with Gasteiger partial charge < -0.3 is 4.74 Å². The van der Waals surface area contributed by atoms with Gasteiger partial charge in [-0.2, -0.15) is 13.2 Å². The Labute approximate surface area is 108 Å². The largest absolute Gasteiger partial charge is 0.486 e. The van der Waals surface area contributed by atoms with Crippen LogP contribution in [0, 0.1) is 3.57 Å². The third kappa shape index (κ3) is 4.64. The second-order valence-electron chi connectivity index (χ2n) is 3.50. The fourth-order valence-corrected chi connectivity index (χ4v) is 1.67. The molecule has 1 nitrogen and oxygen atoms in total. The maximum absolute atomic E-state index is 12.5. The Morgan fingerprint density at radius 3 is 2.18 bits per heavy atom. The van der Waals surface area contributed by atoms with Gasteiger partial charge in [0.1, 0.15) is 5.75 Å². The maximum atomic E-state index is 12.5. The molecule has 1 aromatic rings. The summed E-state index contributed by atoms with van der Waals surface area (Å²) in [5.41, 5.74) is -0.836. The molecule has 0 heterocycles. The number of hydrogen-bond donors (Lipinski definition) is 0. The van der Waals surface area contributed by atoms with Crippen LogP contribution in [-0.4, -0.2) is 12.5 Å². The van der Waals surface area contributed by atoms with Gasteiger partial charge in [-0.25, -0.2) is 8.78 Å². The molecular formula is C10H8F5IO. The van der Waals surface area contributed by atoms with E-state index in [1.54, 1.807) is 22.6 Å². The summed E-state index contributed by atoms with van der Waals surface area (Å²) in [5.74, 6) is -3.01. The smallest absolute Gasteiger partial charge is 0.416 e. The molecule has 0 fully saturated rings. The molecule has 0 radical (unpaired) electrons. The molecule has 0 bridgehead atoms.